The number of halogens is 3. The van der Waals surface area contributed by atoms with E-state index in [0.29, 0.717) is 10.6 Å². The molecule has 1 heterocycles. The van der Waals surface area contributed by atoms with E-state index in [4.69, 9.17) is 5.73 Å². The summed E-state index contributed by atoms with van der Waals surface area (Å²) in [6.45, 7) is 1.61. The number of ketones is 1. The van der Waals surface area contributed by atoms with Crippen molar-refractivity contribution in [3.8, 4) is 11.8 Å². The van der Waals surface area contributed by atoms with E-state index < -0.39 is 18.2 Å². The first-order valence-electron chi connectivity index (χ1n) is 8.27. The highest BCUT2D eigenvalue weighted by Crippen LogP contribution is 2.28. The normalized spacial score (nSPS) is 11.8. The minimum Gasteiger partial charge on any atom is -0.406 e. The summed E-state index contributed by atoms with van der Waals surface area (Å²) < 4.78 is 41.0. The van der Waals surface area contributed by atoms with E-state index in [9.17, 15) is 23.2 Å². The molecule has 0 unspecified atom stereocenters. The molecule has 0 aliphatic heterocycles. The Morgan fingerprint density at radius 1 is 1.40 bits per heavy atom. The molecule has 0 spiro atoms. The summed E-state index contributed by atoms with van der Waals surface area (Å²) in [5.74, 6) is -0.515. The predicted molar refractivity (Wildman–Crippen MR) is 109 cm³/mol. The van der Waals surface area contributed by atoms with Crippen LogP contribution in [0, 0.1) is 11.3 Å². The first-order valence-corrected chi connectivity index (χ1v) is 9.50. The molecule has 0 saturated heterocycles. The van der Waals surface area contributed by atoms with E-state index in [1.165, 1.54) is 28.8 Å². The number of hydrogen-bond acceptors (Lipinski definition) is 8. The molecule has 0 aliphatic carbocycles. The van der Waals surface area contributed by atoms with E-state index >= 15 is 0 Å². The van der Waals surface area contributed by atoms with Crippen molar-refractivity contribution in [3.05, 3.63) is 35.4 Å². The number of nitrogens with two attached hydrogens (primary N) is 1. The van der Waals surface area contributed by atoms with E-state index in [-0.39, 0.29) is 37.0 Å². The highest BCUT2D eigenvalue weighted by Gasteiger charge is 2.31. The molecule has 1 aromatic carbocycles. The molecule has 0 fully saturated rings. The van der Waals surface area contributed by atoms with Crippen LogP contribution in [0.3, 0.4) is 0 Å². The molecule has 0 radical (unpaired) electrons. The van der Waals surface area contributed by atoms with Crippen LogP contribution in [0.2, 0.25) is 0 Å². The molecule has 0 bridgehead atoms. The van der Waals surface area contributed by atoms with Crippen LogP contribution in [-0.4, -0.2) is 41.5 Å². The number of carbonyl (C=O) groups excluding carboxylic acids is 1. The average Bonchev–Trinajstić information content (AvgIpc) is 2.64. The second-order valence-electron chi connectivity index (χ2n) is 6.03. The fraction of sp³-hybridized carbons (Fsp3) is 0.368. The number of Topliss-reactive ketones (excluding diaryl/α,β-unsaturated/α-hetero) is 1. The van der Waals surface area contributed by atoms with Crippen LogP contribution in [0.5, 0.6) is 5.75 Å². The maximum absolute atomic E-state index is 12.7. The highest BCUT2D eigenvalue weighted by atomic mass is 32.2. The summed E-state index contributed by atoms with van der Waals surface area (Å²) in [4.78, 5) is 22.3. The first-order chi connectivity index (χ1) is 13.6. The molecule has 2 N–H and O–H groups in total. The van der Waals surface area contributed by atoms with Gasteiger partial charge in [-0.15, -0.1) is 24.9 Å². The number of carbonyl (C=O) groups is 1. The zero-order valence-corrected chi connectivity index (χ0v) is 16.6. The quantitative estimate of drug-likeness (QED) is 0.511. The Kier molecular flexibility index (Phi) is 8.48. The Balaban J connectivity index is 0.00000450. The molecule has 2 aromatic rings. The summed E-state index contributed by atoms with van der Waals surface area (Å²) in [5, 5.41) is 9.84. The van der Waals surface area contributed by atoms with Gasteiger partial charge in [0.1, 0.15) is 22.4 Å². The van der Waals surface area contributed by atoms with Gasteiger partial charge < -0.3 is 15.4 Å². The monoisotopic (exact) mass is 441 g/mol. The number of alkyl halides is 3. The van der Waals surface area contributed by atoms with Gasteiger partial charge in [-0.25, -0.2) is 4.98 Å². The van der Waals surface area contributed by atoms with Crippen molar-refractivity contribution >= 4 is 29.3 Å². The zero-order valence-electron chi connectivity index (χ0n) is 15.8. The highest BCUT2D eigenvalue weighted by molar-refractivity contribution is 7.98. The Bertz CT molecular complexity index is 947. The third-order valence-electron chi connectivity index (χ3n) is 4.07. The van der Waals surface area contributed by atoms with E-state index in [0.717, 1.165) is 12.1 Å². The summed E-state index contributed by atoms with van der Waals surface area (Å²) >= 11 is 1.22. The summed E-state index contributed by atoms with van der Waals surface area (Å²) in [7, 11) is 1.58. The molecule has 1 aromatic heterocycles. The molecule has 30 heavy (non-hydrogen) atoms. The number of nitrogens with zero attached hydrogens (tertiary/aromatic N) is 4. The van der Waals surface area contributed by atoms with Crippen molar-refractivity contribution in [2.45, 2.75) is 38.2 Å². The fourth-order valence-electron chi connectivity index (χ4n) is 2.55. The van der Waals surface area contributed by atoms with Crippen LogP contribution in [0.1, 0.15) is 25.5 Å². The van der Waals surface area contributed by atoms with Crippen molar-refractivity contribution in [2.75, 3.05) is 23.9 Å². The van der Waals surface area contributed by atoms with Crippen LogP contribution in [0.4, 0.5) is 24.9 Å². The summed E-state index contributed by atoms with van der Waals surface area (Å²) in [6.07, 6.45) is -3.21. The Morgan fingerprint density at radius 2 is 2.07 bits per heavy atom. The minimum absolute atomic E-state index is 0. The average molecular weight is 441 g/mol. The Labute approximate surface area is 177 Å². The van der Waals surface area contributed by atoms with Gasteiger partial charge in [0, 0.05) is 13.5 Å². The number of ether oxygens (including phenoxy) is 1. The van der Waals surface area contributed by atoms with Crippen molar-refractivity contribution in [2.24, 2.45) is 0 Å². The number of aromatic nitrogens is 2. The van der Waals surface area contributed by atoms with Crippen molar-refractivity contribution < 1.29 is 22.7 Å². The van der Waals surface area contributed by atoms with Gasteiger partial charge in [0.2, 0.25) is 5.95 Å². The lowest BCUT2D eigenvalue weighted by Gasteiger charge is -2.26. The number of nitriles is 1. The van der Waals surface area contributed by atoms with E-state index in [1.54, 1.807) is 20.2 Å². The van der Waals surface area contributed by atoms with Crippen LogP contribution in [0.15, 0.2) is 29.3 Å². The molecular formula is C19H22F3N5O2S. The SMILES string of the molecule is C.CSc1nc(N)nc(N(C)[C@@H](C)C(=O)Cc2cccc(OC(F)(F)F)c2)c1C#N. The predicted octanol–water partition coefficient (Wildman–Crippen LogP) is 3.82. The molecule has 1 atom stereocenters. The lowest BCUT2D eigenvalue weighted by Crippen LogP contribution is -2.38. The number of hydrogen-bond donors (Lipinski definition) is 1. The Hall–Kier alpha value is -3.00. The lowest BCUT2D eigenvalue weighted by atomic mass is 10.0. The van der Waals surface area contributed by atoms with Gasteiger partial charge in [-0.2, -0.15) is 10.2 Å². The van der Waals surface area contributed by atoms with Crippen molar-refractivity contribution in [1.29, 1.82) is 5.26 Å². The molecule has 0 aliphatic rings. The Morgan fingerprint density at radius 3 is 2.63 bits per heavy atom. The molecular weight excluding hydrogens is 419 g/mol. The molecule has 2 rings (SSSR count). The zero-order chi connectivity index (χ0) is 21.8. The van der Waals surface area contributed by atoms with Gasteiger partial charge in [-0.3, -0.25) is 4.79 Å². The third-order valence-corrected chi connectivity index (χ3v) is 4.75. The van der Waals surface area contributed by atoms with E-state index in [1.807, 2.05) is 6.07 Å². The van der Waals surface area contributed by atoms with Crippen molar-refractivity contribution in [3.63, 3.8) is 0 Å². The van der Waals surface area contributed by atoms with Gasteiger partial charge in [-0.1, -0.05) is 19.6 Å². The number of rotatable bonds is 7. The topological polar surface area (TPSA) is 105 Å². The van der Waals surface area contributed by atoms with Gasteiger partial charge in [0.05, 0.1) is 6.04 Å². The van der Waals surface area contributed by atoms with Crippen LogP contribution in [-0.2, 0) is 11.2 Å². The molecule has 0 amide bonds. The number of nitrogen functional groups attached to an aromatic ring is 1. The van der Waals surface area contributed by atoms with Gasteiger partial charge in [-0.05, 0) is 30.9 Å². The summed E-state index contributed by atoms with van der Waals surface area (Å²) in [5.41, 5.74) is 6.26. The van der Waals surface area contributed by atoms with Gasteiger partial charge in [0.25, 0.3) is 0 Å². The molecule has 0 saturated carbocycles. The number of anilines is 2. The number of thioether (sulfide) groups is 1. The number of benzene rings is 1. The second-order valence-corrected chi connectivity index (χ2v) is 6.82. The van der Waals surface area contributed by atoms with Crippen LogP contribution < -0.4 is 15.4 Å². The van der Waals surface area contributed by atoms with Crippen molar-refractivity contribution in [1.82, 2.24) is 9.97 Å². The lowest BCUT2D eigenvalue weighted by molar-refractivity contribution is -0.274. The first kappa shape index (κ1) is 25.0. The van der Waals surface area contributed by atoms with E-state index in [2.05, 4.69) is 14.7 Å². The standard InChI is InChI=1S/C18H18F3N5O2S.CH4/c1-10(26(2)15-13(9-22)16(29-3)25-17(23)24-15)14(27)8-11-5-4-6-12(7-11)28-18(19,20)21;/h4-7,10H,8H2,1-3H3,(H2,23,24,25);1H4/t10-;/m0./s1. The maximum atomic E-state index is 12.7. The fourth-order valence-corrected chi connectivity index (χ4v) is 3.07. The summed E-state index contributed by atoms with van der Waals surface area (Å²) in [6, 6.07) is 6.52. The molecule has 7 nitrogen and oxygen atoms in total. The third kappa shape index (κ3) is 6.25. The van der Waals surface area contributed by atoms with Gasteiger partial charge >= 0.3 is 6.36 Å². The van der Waals surface area contributed by atoms with Crippen LogP contribution >= 0.6 is 11.8 Å². The minimum atomic E-state index is -4.81. The largest absolute Gasteiger partial charge is 0.573 e. The molecule has 162 valence electrons. The maximum Gasteiger partial charge on any atom is 0.573 e. The van der Waals surface area contributed by atoms with Gasteiger partial charge in [0.15, 0.2) is 11.6 Å². The number of likely N-dealkylation sites (N-methyl/N-ethyl adjacent to an activating group) is 1. The smallest absolute Gasteiger partial charge is 0.406 e. The van der Waals surface area contributed by atoms with Crippen LogP contribution in [0.25, 0.3) is 0 Å². The molecule has 11 heteroatoms. The second kappa shape index (κ2) is 10.2.